The van der Waals surface area contributed by atoms with E-state index in [0.29, 0.717) is 17.9 Å². The molecule has 0 aromatic rings. The number of carbonyl (C=O) groups is 3. The number of imide groups is 1. The van der Waals surface area contributed by atoms with Crippen LogP contribution < -0.4 is 0 Å². The molecule has 1 aliphatic carbocycles. The minimum atomic E-state index is -0.250. The van der Waals surface area contributed by atoms with Gasteiger partial charge in [0, 0.05) is 11.5 Å². The van der Waals surface area contributed by atoms with Crippen LogP contribution in [-0.4, -0.2) is 28.5 Å². The average Bonchev–Trinajstić information content (AvgIpc) is 3.11. The summed E-state index contributed by atoms with van der Waals surface area (Å²) in [6.07, 6.45) is 6.57. The van der Waals surface area contributed by atoms with Gasteiger partial charge in [-0.05, 0) is 32.1 Å². The standard InChI is InChI=1S/C16H21NO3/c1-4-13(17-15(19)8-10(2)16(17)20)7-5-6-12-9-14(12)11(3)18/h5,7,12-14H,2,4,6,8-9H2,1,3H3/b7-5-. The van der Waals surface area contributed by atoms with Crippen LogP contribution in [0.3, 0.4) is 0 Å². The molecule has 108 valence electrons. The van der Waals surface area contributed by atoms with Gasteiger partial charge in [-0.2, -0.15) is 0 Å². The average molecular weight is 275 g/mol. The molecule has 20 heavy (non-hydrogen) atoms. The maximum atomic E-state index is 11.9. The number of ketones is 1. The number of carbonyl (C=O) groups excluding carboxylic acids is 3. The van der Waals surface area contributed by atoms with E-state index < -0.39 is 0 Å². The molecule has 0 bridgehead atoms. The smallest absolute Gasteiger partial charge is 0.256 e. The first-order valence-corrected chi connectivity index (χ1v) is 7.17. The summed E-state index contributed by atoms with van der Waals surface area (Å²) < 4.78 is 0. The zero-order chi connectivity index (χ0) is 14.9. The predicted octanol–water partition coefficient (Wildman–Crippen LogP) is 2.25. The maximum absolute atomic E-state index is 11.9. The van der Waals surface area contributed by atoms with Crippen molar-refractivity contribution in [2.45, 2.75) is 45.6 Å². The van der Waals surface area contributed by atoms with Gasteiger partial charge in [0.05, 0.1) is 12.5 Å². The summed E-state index contributed by atoms with van der Waals surface area (Å²) in [6.45, 7) is 7.21. The summed E-state index contributed by atoms with van der Waals surface area (Å²) in [7, 11) is 0. The summed E-state index contributed by atoms with van der Waals surface area (Å²) in [6, 6.07) is -0.191. The van der Waals surface area contributed by atoms with E-state index in [9.17, 15) is 14.4 Å². The van der Waals surface area contributed by atoms with Gasteiger partial charge in [-0.25, -0.2) is 0 Å². The predicted molar refractivity (Wildman–Crippen MR) is 75.7 cm³/mol. The molecule has 1 aliphatic heterocycles. The Morgan fingerprint density at radius 1 is 1.50 bits per heavy atom. The van der Waals surface area contributed by atoms with Crippen molar-refractivity contribution in [2.24, 2.45) is 11.8 Å². The van der Waals surface area contributed by atoms with E-state index in [4.69, 9.17) is 0 Å². The molecule has 2 amide bonds. The summed E-state index contributed by atoms with van der Waals surface area (Å²) in [5, 5.41) is 0. The lowest BCUT2D eigenvalue weighted by Crippen LogP contribution is -2.38. The van der Waals surface area contributed by atoms with E-state index in [1.807, 2.05) is 19.1 Å². The van der Waals surface area contributed by atoms with Gasteiger partial charge in [0.15, 0.2) is 0 Å². The SMILES string of the molecule is C=C1CC(=O)N(C(/C=C\CC2CC2C(C)=O)CC)C1=O. The molecule has 0 spiro atoms. The van der Waals surface area contributed by atoms with Crippen molar-refractivity contribution in [3.05, 3.63) is 24.3 Å². The lowest BCUT2D eigenvalue weighted by molar-refractivity contribution is -0.139. The Bertz CT molecular complexity index is 492. The molecule has 3 unspecified atom stereocenters. The summed E-state index contributed by atoms with van der Waals surface area (Å²) in [4.78, 5) is 36.2. The number of amides is 2. The van der Waals surface area contributed by atoms with Crippen molar-refractivity contribution in [3.63, 3.8) is 0 Å². The summed E-state index contributed by atoms with van der Waals surface area (Å²) in [5.41, 5.74) is 0.376. The fraction of sp³-hybridized carbons (Fsp3) is 0.562. The molecule has 0 aromatic carbocycles. The van der Waals surface area contributed by atoms with Gasteiger partial charge < -0.3 is 0 Å². The molecule has 1 saturated carbocycles. The van der Waals surface area contributed by atoms with E-state index in [0.717, 1.165) is 12.8 Å². The van der Waals surface area contributed by atoms with Crippen LogP contribution in [0.5, 0.6) is 0 Å². The van der Waals surface area contributed by atoms with Gasteiger partial charge in [0.2, 0.25) is 5.91 Å². The molecule has 2 fully saturated rings. The number of allylic oxidation sites excluding steroid dienone is 1. The molecule has 2 aliphatic rings. The van der Waals surface area contributed by atoms with Crippen molar-refractivity contribution >= 4 is 17.6 Å². The van der Waals surface area contributed by atoms with Crippen LogP contribution in [0.25, 0.3) is 0 Å². The highest BCUT2D eigenvalue weighted by atomic mass is 16.2. The zero-order valence-corrected chi connectivity index (χ0v) is 12.1. The van der Waals surface area contributed by atoms with Gasteiger partial charge in [0.25, 0.3) is 5.91 Å². The Labute approximate surface area is 119 Å². The first kappa shape index (κ1) is 14.7. The maximum Gasteiger partial charge on any atom is 0.256 e. The van der Waals surface area contributed by atoms with Crippen LogP contribution in [0.2, 0.25) is 0 Å². The van der Waals surface area contributed by atoms with Crippen molar-refractivity contribution in [1.82, 2.24) is 4.90 Å². The van der Waals surface area contributed by atoms with E-state index in [1.54, 1.807) is 6.92 Å². The van der Waals surface area contributed by atoms with Crippen LogP contribution in [0.4, 0.5) is 0 Å². The molecule has 3 atom stereocenters. The largest absolute Gasteiger partial charge is 0.300 e. The van der Waals surface area contributed by atoms with Crippen molar-refractivity contribution in [3.8, 4) is 0 Å². The van der Waals surface area contributed by atoms with Crippen molar-refractivity contribution in [1.29, 1.82) is 0 Å². The molecular weight excluding hydrogens is 254 g/mol. The molecular formula is C16H21NO3. The van der Waals surface area contributed by atoms with E-state index >= 15 is 0 Å². The molecule has 2 rings (SSSR count). The molecule has 1 heterocycles. The fourth-order valence-corrected chi connectivity index (χ4v) is 2.78. The Morgan fingerprint density at radius 2 is 2.20 bits per heavy atom. The Balaban J connectivity index is 1.93. The quantitative estimate of drug-likeness (QED) is 0.424. The number of nitrogens with zero attached hydrogens (tertiary/aromatic N) is 1. The van der Waals surface area contributed by atoms with E-state index in [2.05, 4.69) is 6.58 Å². The third kappa shape index (κ3) is 2.89. The molecule has 0 radical (unpaired) electrons. The van der Waals surface area contributed by atoms with Crippen LogP contribution in [0.15, 0.2) is 24.3 Å². The van der Waals surface area contributed by atoms with Gasteiger partial charge in [0.1, 0.15) is 5.78 Å². The lowest BCUT2D eigenvalue weighted by Gasteiger charge is -2.21. The van der Waals surface area contributed by atoms with Crippen LogP contribution in [0.1, 0.15) is 39.5 Å². The molecule has 0 aromatic heterocycles. The van der Waals surface area contributed by atoms with Gasteiger partial charge in [-0.15, -0.1) is 0 Å². The monoisotopic (exact) mass is 275 g/mol. The number of hydrogen-bond donors (Lipinski definition) is 0. The zero-order valence-electron chi connectivity index (χ0n) is 12.1. The van der Waals surface area contributed by atoms with Gasteiger partial charge in [-0.3, -0.25) is 19.3 Å². The first-order chi connectivity index (χ1) is 9.45. The summed E-state index contributed by atoms with van der Waals surface area (Å²) >= 11 is 0. The van der Waals surface area contributed by atoms with Crippen molar-refractivity contribution in [2.75, 3.05) is 0 Å². The van der Waals surface area contributed by atoms with Gasteiger partial charge in [-0.1, -0.05) is 25.7 Å². The molecule has 4 heteroatoms. The summed E-state index contributed by atoms with van der Waals surface area (Å²) in [5.74, 6) is 0.511. The molecule has 0 N–H and O–H groups in total. The van der Waals surface area contributed by atoms with Crippen LogP contribution in [-0.2, 0) is 14.4 Å². The third-order valence-corrected chi connectivity index (χ3v) is 4.15. The normalized spacial score (nSPS) is 27.5. The van der Waals surface area contributed by atoms with E-state index in [1.165, 1.54) is 4.90 Å². The molecule has 1 saturated heterocycles. The minimum absolute atomic E-state index is 0.137. The first-order valence-electron chi connectivity index (χ1n) is 7.17. The van der Waals surface area contributed by atoms with Gasteiger partial charge >= 0.3 is 0 Å². The van der Waals surface area contributed by atoms with Crippen LogP contribution in [0, 0.1) is 11.8 Å². The Hall–Kier alpha value is -1.71. The highest BCUT2D eigenvalue weighted by Crippen LogP contribution is 2.42. The lowest BCUT2D eigenvalue weighted by atomic mass is 10.1. The Morgan fingerprint density at radius 3 is 2.65 bits per heavy atom. The second-order valence-electron chi connectivity index (χ2n) is 5.70. The second kappa shape index (κ2) is 5.73. The topological polar surface area (TPSA) is 54.5 Å². The third-order valence-electron chi connectivity index (χ3n) is 4.15. The highest BCUT2D eigenvalue weighted by molar-refractivity contribution is 6.13. The van der Waals surface area contributed by atoms with E-state index in [-0.39, 0.29) is 36.0 Å². The Kier molecular flexibility index (Phi) is 4.21. The number of rotatable bonds is 6. The second-order valence-corrected chi connectivity index (χ2v) is 5.70. The number of likely N-dealkylation sites (tertiary alicyclic amines) is 1. The molecule has 4 nitrogen and oxygen atoms in total. The number of hydrogen-bond acceptors (Lipinski definition) is 3. The van der Waals surface area contributed by atoms with Crippen LogP contribution >= 0.6 is 0 Å². The highest BCUT2D eigenvalue weighted by Gasteiger charge is 2.39. The minimum Gasteiger partial charge on any atom is -0.300 e. The number of Topliss-reactive ketones (excluding diaryl/α,β-unsaturated/α-hetero) is 1. The van der Waals surface area contributed by atoms with Crippen molar-refractivity contribution < 1.29 is 14.4 Å². The fourth-order valence-electron chi connectivity index (χ4n) is 2.78.